The molecule has 1 aliphatic rings. The molecule has 0 spiro atoms. The van der Waals surface area contributed by atoms with Gasteiger partial charge in [-0.2, -0.15) is 0 Å². The molecule has 0 aromatic heterocycles. The van der Waals surface area contributed by atoms with E-state index in [4.69, 9.17) is 9.47 Å². The molecule has 0 saturated heterocycles. The van der Waals surface area contributed by atoms with Crippen LogP contribution in [0, 0.1) is 0 Å². The normalized spacial score (nSPS) is 14.3. The first-order chi connectivity index (χ1) is 13.1. The summed E-state index contributed by atoms with van der Waals surface area (Å²) in [6, 6.07) is 15.1. The number of carbonyl (C=O) groups excluding carboxylic acids is 2. The third-order valence-electron chi connectivity index (χ3n) is 4.79. The first-order valence-electron chi connectivity index (χ1n) is 9.00. The van der Waals surface area contributed by atoms with Crippen molar-refractivity contribution in [2.75, 3.05) is 25.6 Å². The molecule has 0 unspecified atom stereocenters. The SMILES string of the molecule is CCOc1ccccc1NC(=O)C(=O)NCC1(OC)Cc2ccccc2C1. The van der Waals surface area contributed by atoms with E-state index < -0.39 is 17.4 Å². The van der Waals surface area contributed by atoms with Crippen molar-refractivity contribution < 1.29 is 19.1 Å². The number of carbonyl (C=O) groups is 2. The van der Waals surface area contributed by atoms with E-state index in [1.807, 2.05) is 19.1 Å². The van der Waals surface area contributed by atoms with Crippen LogP contribution in [-0.4, -0.2) is 37.7 Å². The minimum atomic E-state index is -0.732. The molecular weight excluding hydrogens is 344 g/mol. The summed E-state index contributed by atoms with van der Waals surface area (Å²) in [5, 5.41) is 5.31. The number of hydrogen-bond acceptors (Lipinski definition) is 4. The van der Waals surface area contributed by atoms with E-state index in [1.165, 1.54) is 11.1 Å². The quantitative estimate of drug-likeness (QED) is 0.768. The summed E-state index contributed by atoms with van der Waals surface area (Å²) in [6.45, 7) is 2.59. The highest BCUT2D eigenvalue weighted by Gasteiger charge is 2.38. The van der Waals surface area contributed by atoms with Crippen LogP contribution in [0.25, 0.3) is 0 Å². The third-order valence-corrected chi connectivity index (χ3v) is 4.79. The number of fused-ring (bicyclic) bond motifs is 1. The predicted molar refractivity (Wildman–Crippen MR) is 103 cm³/mol. The van der Waals surface area contributed by atoms with Gasteiger partial charge in [-0.1, -0.05) is 36.4 Å². The van der Waals surface area contributed by atoms with Crippen molar-refractivity contribution in [1.29, 1.82) is 0 Å². The van der Waals surface area contributed by atoms with Gasteiger partial charge in [0, 0.05) is 26.5 Å². The van der Waals surface area contributed by atoms with E-state index in [-0.39, 0.29) is 6.54 Å². The van der Waals surface area contributed by atoms with Gasteiger partial charge in [0.1, 0.15) is 5.75 Å². The Balaban J connectivity index is 1.60. The van der Waals surface area contributed by atoms with Crippen LogP contribution in [0.1, 0.15) is 18.1 Å². The number of hydrogen-bond donors (Lipinski definition) is 2. The molecule has 6 heteroatoms. The number of amides is 2. The second-order valence-electron chi connectivity index (χ2n) is 6.58. The van der Waals surface area contributed by atoms with Gasteiger partial charge in [-0.15, -0.1) is 0 Å². The monoisotopic (exact) mass is 368 g/mol. The summed E-state index contributed by atoms with van der Waals surface area (Å²) in [4.78, 5) is 24.5. The lowest BCUT2D eigenvalue weighted by Crippen LogP contribution is -2.48. The Labute approximate surface area is 158 Å². The van der Waals surface area contributed by atoms with Crippen LogP contribution in [-0.2, 0) is 27.2 Å². The highest BCUT2D eigenvalue weighted by atomic mass is 16.5. The van der Waals surface area contributed by atoms with Crippen molar-refractivity contribution in [2.24, 2.45) is 0 Å². The van der Waals surface area contributed by atoms with Crippen LogP contribution in [0.2, 0.25) is 0 Å². The maximum absolute atomic E-state index is 12.3. The fraction of sp³-hybridized carbons (Fsp3) is 0.333. The Kier molecular flexibility index (Phi) is 5.76. The van der Waals surface area contributed by atoms with Gasteiger partial charge >= 0.3 is 11.8 Å². The Hall–Kier alpha value is -2.86. The van der Waals surface area contributed by atoms with Crippen LogP contribution < -0.4 is 15.4 Å². The highest BCUT2D eigenvalue weighted by Crippen LogP contribution is 2.32. The average molecular weight is 368 g/mol. The van der Waals surface area contributed by atoms with Gasteiger partial charge in [0.25, 0.3) is 0 Å². The van der Waals surface area contributed by atoms with Gasteiger partial charge in [-0.25, -0.2) is 0 Å². The molecule has 0 heterocycles. The molecule has 3 rings (SSSR count). The molecule has 0 bridgehead atoms. The van der Waals surface area contributed by atoms with Crippen molar-refractivity contribution >= 4 is 17.5 Å². The smallest absolute Gasteiger partial charge is 0.313 e. The van der Waals surface area contributed by atoms with Gasteiger partial charge in [0.05, 0.1) is 17.9 Å². The molecule has 2 N–H and O–H groups in total. The standard InChI is InChI=1S/C21H24N2O4/c1-3-27-18-11-7-6-10-17(18)23-20(25)19(24)22-14-21(26-2)12-15-8-4-5-9-16(15)13-21/h4-11H,3,12-14H2,1-2H3,(H,22,24)(H,23,25). The number of nitrogens with one attached hydrogen (secondary N) is 2. The number of para-hydroxylation sites is 2. The summed E-state index contributed by atoms with van der Waals surface area (Å²) in [6.07, 6.45) is 1.41. The zero-order valence-electron chi connectivity index (χ0n) is 15.6. The molecule has 1 aliphatic carbocycles. The van der Waals surface area contributed by atoms with E-state index in [0.29, 0.717) is 30.9 Å². The lowest BCUT2D eigenvalue weighted by molar-refractivity contribution is -0.137. The Morgan fingerprint density at radius 3 is 2.26 bits per heavy atom. The lowest BCUT2D eigenvalue weighted by Gasteiger charge is -2.27. The first kappa shape index (κ1) is 18.9. The minimum absolute atomic E-state index is 0.261. The zero-order valence-corrected chi connectivity index (χ0v) is 15.6. The summed E-state index contributed by atoms with van der Waals surface area (Å²) < 4.78 is 11.2. The summed E-state index contributed by atoms with van der Waals surface area (Å²) in [7, 11) is 1.64. The summed E-state index contributed by atoms with van der Waals surface area (Å²) in [5.41, 5.74) is 2.37. The molecule has 0 atom stereocenters. The molecule has 0 saturated carbocycles. The fourth-order valence-corrected chi connectivity index (χ4v) is 3.35. The van der Waals surface area contributed by atoms with Crippen molar-refractivity contribution in [3.63, 3.8) is 0 Å². The molecule has 2 aromatic carbocycles. The molecule has 142 valence electrons. The van der Waals surface area contributed by atoms with Gasteiger partial charge in [-0.05, 0) is 30.2 Å². The topological polar surface area (TPSA) is 76.7 Å². The molecule has 2 amide bonds. The van der Waals surface area contributed by atoms with Crippen molar-refractivity contribution in [1.82, 2.24) is 5.32 Å². The van der Waals surface area contributed by atoms with Crippen LogP contribution in [0.3, 0.4) is 0 Å². The average Bonchev–Trinajstić information content (AvgIpc) is 3.07. The minimum Gasteiger partial charge on any atom is -0.492 e. The molecular formula is C21H24N2O4. The molecule has 0 aliphatic heterocycles. The highest BCUT2D eigenvalue weighted by molar-refractivity contribution is 6.39. The Bertz CT molecular complexity index is 809. The van der Waals surface area contributed by atoms with E-state index >= 15 is 0 Å². The van der Waals surface area contributed by atoms with Crippen LogP contribution in [0.5, 0.6) is 5.75 Å². The van der Waals surface area contributed by atoms with Crippen LogP contribution >= 0.6 is 0 Å². The summed E-state index contributed by atoms with van der Waals surface area (Å²) in [5.74, 6) is -0.904. The van der Waals surface area contributed by atoms with Crippen molar-refractivity contribution in [3.05, 3.63) is 59.7 Å². The van der Waals surface area contributed by atoms with Gasteiger partial charge in [0.15, 0.2) is 0 Å². The second kappa shape index (κ2) is 8.22. The molecule has 0 fully saturated rings. The maximum atomic E-state index is 12.3. The van der Waals surface area contributed by atoms with Crippen LogP contribution in [0.4, 0.5) is 5.69 Å². The molecule has 0 radical (unpaired) electrons. The van der Waals surface area contributed by atoms with E-state index in [9.17, 15) is 9.59 Å². The Morgan fingerprint density at radius 2 is 1.63 bits per heavy atom. The molecule has 6 nitrogen and oxygen atoms in total. The maximum Gasteiger partial charge on any atom is 0.313 e. The number of methoxy groups -OCH3 is 1. The molecule has 2 aromatic rings. The van der Waals surface area contributed by atoms with Crippen molar-refractivity contribution in [2.45, 2.75) is 25.4 Å². The number of anilines is 1. The number of ether oxygens (including phenoxy) is 2. The number of rotatable bonds is 6. The van der Waals surface area contributed by atoms with E-state index in [1.54, 1.807) is 31.4 Å². The zero-order chi connectivity index (χ0) is 19.3. The lowest BCUT2D eigenvalue weighted by atomic mass is 10.00. The predicted octanol–water partition coefficient (Wildman–Crippen LogP) is 2.32. The largest absolute Gasteiger partial charge is 0.492 e. The summed E-state index contributed by atoms with van der Waals surface area (Å²) >= 11 is 0. The number of benzene rings is 2. The second-order valence-corrected chi connectivity index (χ2v) is 6.58. The van der Waals surface area contributed by atoms with Gasteiger partial charge < -0.3 is 20.1 Å². The van der Waals surface area contributed by atoms with E-state index in [0.717, 1.165) is 0 Å². The Morgan fingerprint density at radius 1 is 1.00 bits per heavy atom. The van der Waals surface area contributed by atoms with E-state index in [2.05, 4.69) is 22.8 Å². The molecule has 27 heavy (non-hydrogen) atoms. The van der Waals surface area contributed by atoms with Gasteiger partial charge in [0.2, 0.25) is 0 Å². The fourth-order valence-electron chi connectivity index (χ4n) is 3.35. The van der Waals surface area contributed by atoms with Gasteiger partial charge in [-0.3, -0.25) is 9.59 Å². The third kappa shape index (κ3) is 4.28. The van der Waals surface area contributed by atoms with Crippen molar-refractivity contribution in [3.8, 4) is 5.75 Å². The van der Waals surface area contributed by atoms with Crippen LogP contribution in [0.15, 0.2) is 48.5 Å². The first-order valence-corrected chi connectivity index (χ1v) is 9.00.